The van der Waals surface area contributed by atoms with Crippen LogP contribution in [0.1, 0.15) is 31.4 Å². The molecule has 2 rings (SSSR count). The summed E-state index contributed by atoms with van der Waals surface area (Å²) >= 11 is 0. The fraction of sp³-hybridized carbons (Fsp3) is 0.625. The summed E-state index contributed by atoms with van der Waals surface area (Å²) in [4.78, 5) is 2.35. The minimum absolute atomic E-state index is 0.0699. The highest BCUT2D eigenvalue weighted by atomic mass is 16.5. The van der Waals surface area contributed by atoms with E-state index in [-0.39, 0.29) is 18.8 Å². The molecule has 1 aromatic carbocycles. The van der Waals surface area contributed by atoms with Crippen molar-refractivity contribution in [3.63, 3.8) is 0 Å². The molecule has 5 heteroatoms. The number of hydrogen-bond acceptors (Lipinski definition) is 5. The number of nitrogens with two attached hydrogens (primary N) is 1. The van der Waals surface area contributed by atoms with Crippen molar-refractivity contribution in [2.45, 2.75) is 31.9 Å². The van der Waals surface area contributed by atoms with Gasteiger partial charge in [0.05, 0.1) is 26.4 Å². The molecule has 3 N–H and O–H groups in total. The van der Waals surface area contributed by atoms with E-state index in [4.69, 9.17) is 20.3 Å². The van der Waals surface area contributed by atoms with E-state index in [1.807, 2.05) is 19.1 Å². The predicted molar refractivity (Wildman–Crippen MR) is 83.9 cm³/mol. The minimum Gasteiger partial charge on any atom is -0.496 e. The van der Waals surface area contributed by atoms with Crippen molar-refractivity contribution in [1.29, 1.82) is 0 Å². The van der Waals surface area contributed by atoms with Gasteiger partial charge in [0, 0.05) is 30.4 Å². The number of rotatable bonds is 6. The van der Waals surface area contributed by atoms with Gasteiger partial charge >= 0.3 is 0 Å². The molecule has 5 nitrogen and oxygen atoms in total. The average molecular weight is 294 g/mol. The molecule has 0 spiro atoms. The zero-order valence-electron chi connectivity index (χ0n) is 12.9. The van der Waals surface area contributed by atoms with Crippen molar-refractivity contribution in [2.24, 2.45) is 5.73 Å². The second kappa shape index (κ2) is 7.64. The van der Waals surface area contributed by atoms with E-state index in [9.17, 15) is 0 Å². The molecular weight excluding hydrogens is 268 g/mol. The Bertz CT molecular complexity index is 443. The summed E-state index contributed by atoms with van der Waals surface area (Å²) in [6.07, 6.45) is 2.18. The Morgan fingerprint density at radius 3 is 2.67 bits per heavy atom. The van der Waals surface area contributed by atoms with Crippen molar-refractivity contribution in [2.75, 3.05) is 38.3 Å². The van der Waals surface area contributed by atoms with E-state index in [1.54, 1.807) is 7.11 Å². The number of benzene rings is 1. The lowest BCUT2D eigenvalue weighted by Crippen LogP contribution is -2.38. The lowest BCUT2D eigenvalue weighted by molar-refractivity contribution is 0.0159. The Hall–Kier alpha value is -1.30. The second-order valence-corrected chi connectivity index (χ2v) is 5.46. The normalized spacial score (nSPS) is 17.8. The zero-order valence-corrected chi connectivity index (χ0v) is 12.9. The van der Waals surface area contributed by atoms with Gasteiger partial charge in [-0.2, -0.15) is 0 Å². The van der Waals surface area contributed by atoms with Gasteiger partial charge in [-0.15, -0.1) is 0 Å². The maximum absolute atomic E-state index is 8.82. The highest BCUT2D eigenvalue weighted by molar-refractivity contribution is 5.61. The molecule has 0 amide bonds. The van der Waals surface area contributed by atoms with Crippen LogP contribution in [0.4, 0.5) is 5.69 Å². The van der Waals surface area contributed by atoms with Gasteiger partial charge in [0.2, 0.25) is 0 Å². The monoisotopic (exact) mass is 294 g/mol. The van der Waals surface area contributed by atoms with Crippen LogP contribution in [0.25, 0.3) is 0 Å². The Labute approximate surface area is 126 Å². The average Bonchev–Trinajstić information content (AvgIpc) is 2.52. The molecule has 1 fully saturated rings. The maximum atomic E-state index is 8.82. The third-order valence-electron chi connectivity index (χ3n) is 3.95. The third kappa shape index (κ3) is 3.87. The van der Waals surface area contributed by atoms with Gasteiger partial charge in [-0.05, 0) is 31.9 Å². The first-order valence-corrected chi connectivity index (χ1v) is 7.57. The van der Waals surface area contributed by atoms with Crippen LogP contribution in [-0.4, -0.2) is 44.6 Å². The van der Waals surface area contributed by atoms with Crippen LogP contribution in [0, 0.1) is 0 Å². The molecule has 1 aromatic rings. The summed E-state index contributed by atoms with van der Waals surface area (Å²) in [5.74, 6) is 0.848. The third-order valence-corrected chi connectivity index (χ3v) is 3.95. The molecule has 1 aliphatic rings. The smallest absolute Gasteiger partial charge is 0.125 e. The van der Waals surface area contributed by atoms with Crippen LogP contribution in [0.2, 0.25) is 0 Å². The number of aliphatic hydroxyl groups is 1. The minimum atomic E-state index is -0.0699. The first kappa shape index (κ1) is 16.1. The first-order valence-electron chi connectivity index (χ1n) is 7.57. The van der Waals surface area contributed by atoms with Crippen LogP contribution < -0.4 is 15.4 Å². The summed E-state index contributed by atoms with van der Waals surface area (Å²) in [7, 11) is 1.68. The maximum Gasteiger partial charge on any atom is 0.125 e. The molecule has 1 heterocycles. The van der Waals surface area contributed by atoms with Crippen LogP contribution >= 0.6 is 0 Å². The van der Waals surface area contributed by atoms with Gasteiger partial charge in [0.1, 0.15) is 5.75 Å². The SMILES string of the molecule is COc1cccc(N2CCC(OCCO)CC2)c1[C@H](C)N. The van der Waals surface area contributed by atoms with E-state index >= 15 is 0 Å². The topological polar surface area (TPSA) is 68.0 Å². The molecule has 0 bridgehead atoms. The summed E-state index contributed by atoms with van der Waals surface area (Å²) in [6, 6.07) is 6.00. The lowest BCUT2D eigenvalue weighted by atomic mass is 10.0. The highest BCUT2D eigenvalue weighted by Crippen LogP contribution is 2.35. The molecule has 21 heavy (non-hydrogen) atoms. The quantitative estimate of drug-likeness (QED) is 0.836. The summed E-state index contributed by atoms with van der Waals surface area (Å²) in [6.45, 7) is 4.37. The van der Waals surface area contributed by atoms with Gasteiger partial charge < -0.3 is 25.2 Å². The molecular formula is C16H26N2O3. The largest absolute Gasteiger partial charge is 0.496 e. The number of aliphatic hydroxyl groups excluding tert-OH is 1. The van der Waals surface area contributed by atoms with Gasteiger partial charge in [-0.3, -0.25) is 0 Å². The molecule has 0 unspecified atom stereocenters. The van der Waals surface area contributed by atoms with Gasteiger partial charge in [-0.25, -0.2) is 0 Å². The van der Waals surface area contributed by atoms with Crippen molar-refractivity contribution in [3.8, 4) is 5.75 Å². The molecule has 0 aromatic heterocycles. The van der Waals surface area contributed by atoms with Crippen LogP contribution in [-0.2, 0) is 4.74 Å². The molecule has 0 aliphatic carbocycles. The highest BCUT2D eigenvalue weighted by Gasteiger charge is 2.23. The molecule has 0 radical (unpaired) electrons. The van der Waals surface area contributed by atoms with E-state index < -0.39 is 0 Å². The fourth-order valence-corrected chi connectivity index (χ4v) is 2.93. The van der Waals surface area contributed by atoms with Crippen molar-refractivity contribution >= 4 is 5.69 Å². The number of hydrogen-bond donors (Lipinski definition) is 2. The fourth-order valence-electron chi connectivity index (χ4n) is 2.93. The second-order valence-electron chi connectivity index (χ2n) is 5.46. The van der Waals surface area contributed by atoms with E-state index in [0.29, 0.717) is 6.61 Å². The summed E-state index contributed by atoms with van der Waals surface area (Å²) < 4.78 is 11.1. The Morgan fingerprint density at radius 2 is 2.10 bits per heavy atom. The number of methoxy groups -OCH3 is 1. The lowest BCUT2D eigenvalue weighted by Gasteiger charge is -2.35. The summed E-state index contributed by atoms with van der Waals surface area (Å²) in [5, 5.41) is 8.82. The summed E-state index contributed by atoms with van der Waals surface area (Å²) in [5.41, 5.74) is 8.35. The predicted octanol–water partition coefficient (Wildman–Crippen LogP) is 1.69. The van der Waals surface area contributed by atoms with Crippen molar-refractivity contribution in [3.05, 3.63) is 23.8 Å². The molecule has 118 valence electrons. The van der Waals surface area contributed by atoms with E-state index in [1.165, 1.54) is 0 Å². The Morgan fingerprint density at radius 1 is 1.38 bits per heavy atom. The molecule has 0 saturated carbocycles. The standard InChI is InChI=1S/C16H26N2O3/c1-12(17)16-14(4-3-5-15(16)20-2)18-8-6-13(7-9-18)21-11-10-19/h3-5,12-13,19H,6-11,17H2,1-2H3/t12-/m0/s1. The van der Waals surface area contributed by atoms with Crippen molar-refractivity contribution < 1.29 is 14.6 Å². The van der Waals surface area contributed by atoms with Crippen LogP contribution in [0.5, 0.6) is 5.75 Å². The van der Waals surface area contributed by atoms with Crippen molar-refractivity contribution in [1.82, 2.24) is 0 Å². The van der Waals surface area contributed by atoms with Gasteiger partial charge in [0.15, 0.2) is 0 Å². The van der Waals surface area contributed by atoms with Gasteiger partial charge in [-0.1, -0.05) is 6.07 Å². The molecule has 1 saturated heterocycles. The Balaban J connectivity index is 2.09. The number of anilines is 1. The van der Waals surface area contributed by atoms with Crippen LogP contribution in [0.15, 0.2) is 18.2 Å². The van der Waals surface area contributed by atoms with Crippen LogP contribution in [0.3, 0.4) is 0 Å². The van der Waals surface area contributed by atoms with E-state index in [2.05, 4.69) is 11.0 Å². The zero-order chi connectivity index (χ0) is 15.2. The van der Waals surface area contributed by atoms with E-state index in [0.717, 1.165) is 42.9 Å². The molecule has 1 aliphatic heterocycles. The number of piperidine rings is 1. The first-order chi connectivity index (χ1) is 10.2. The number of nitrogens with zero attached hydrogens (tertiary/aromatic N) is 1. The van der Waals surface area contributed by atoms with Gasteiger partial charge in [0.25, 0.3) is 0 Å². The molecule has 1 atom stereocenters. The number of ether oxygens (including phenoxy) is 2. The Kier molecular flexibility index (Phi) is 5.85.